The van der Waals surface area contributed by atoms with Gasteiger partial charge in [-0.15, -0.1) is 0 Å². The van der Waals surface area contributed by atoms with Gasteiger partial charge in [-0.2, -0.15) is 5.10 Å². The molecule has 1 fully saturated rings. The summed E-state index contributed by atoms with van der Waals surface area (Å²) >= 11 is 0. The van der Waals surface area contributed by atoms with Crippen molar-refractivity contribution in [1.29, 1.82) is 0 Å². The molecule has 0 radical (unpaired) electrons. The van der Waals surface area contributed by atoms with Crippen LogP contribution in [0.25, 0.3) is 0 Å². The summed E-state index contributed by atoms with van der Waals surface area (Å²) in [5.41, 5.74) is 6.60. The molecule has 1 aromatic rings. The maximum absolute atomic E-state index is 5.70. The fourth-order valence-corrected chi connectivity index (χ4v) is 1.18. The third-order valence-corrected chi connectivity index (χ3v) is 2.10. The Morgan fingerprint density at radius 2 is 2.57 bits per heavy atom. The molecule has 1 saturated carbocycles. The number of nitrogens with zero attached hydrogens (tertiary/aromatic N) is 3. The Kier molecular flexibility index (Phi) is 2.39. The monoisotopic (exact) mass is 193 g/mol. The SMILES string of the molecule is CCn1cc(NC(N)=NC2CC2)cn1. The third-order valence-electron chi connectivity index (χ3n) is 2.10. The van der Waals surface area contributed by atoms with E-state index < -0.39 is 0 Å². The van der Waals surface area contributed by atoms with E-state index in [1.165, 1.54) is 0 Å². The molecule has 0 unspecified atom stereocenters. The lowest BCUT2D eigenvalue weighted by atomic mass is 10.5. The number of aromatic nitrogens is 2. The van der Waals surface area contributed by atoms with E-state index in [-0.39, 0.29) is 0 Å². The second-order valence-corrected chi connectivity index (χ2v) is 3.46. The van der Waals surface area contributed by atoms with Crippen LogP contribution in [0.5, 0.6) is 0 Å². The molecule has 0 aromatic carbocycles. The molecular formula is C9H15N5. The summed E-state index contributed by atoms with van der Waals surface area (Å²) in [7, 11) is 0. The molecule has 1 heterocycles. The van der Waals surface area contributed by atoms with Crippen molar-refractivity contribution in [3.63, 3.8) is 0 Å². The summed E-state index contributed by atoms with van der Waals surface area (Å²) in [6, 6.07) is 0.448. The Hall–Kier alpha value is -1.52. The molecule has 1 aliphatic carbocycles. The van der Waals surface area contributed by atoms with Crippen molar-refractivity contribution in [1.82, 2.24) is 9.78 Å². The predicted octanol–water partition coefficient (Wildman–Crippen LogP) is 0.792. The Morgan fingerprint density at radius 3 is 3.14 bits per heavy atom. The zero-order chi connectivity index (χ0) is 9.97. The standard InChI is InChI=1S/C9H15N5/c1-2-14-6-8(5-11-14)13-9(10)12-7-3-4-7/h5-7H,2-4H2,1H3,(H3,10,12,13). The van der Waals surface area contributed by atoms with E-state index in [1.54, 1.807) is 6.20 Å². The summed E-state index contributed by atoms with van der Waals surface area (Å²) < 4.78 is 1.84. The molecule has 1 aromatic heterocycles. The number of anilines is 1. The van der Waals surface area contributed by atoms with E-state index in [1.807, 2.05) is 17.8 Å². The lowest BCUT2D eigenvalue weighted by Gasteiger charge is -2.00. The van der Waals surface area contributed by atoms with Gasteiger partial charge in [-0.3, -0.25) is 4.68 Å². The molecule has 76 valence electrons. The van der Waals surface area contributed by atoms with Gasteiger partial charge >= 0.3 is 0 Å². The first-order valence-corrected chi connectivity index (χ1v) is 4.90. The molecule has 0 bridgehead atoms. The molecule has 0 saturated heterocycles. The van der Waals surface area contributed by atoms with Crippen LogP contribution in [0.1, 0.15) is 19.8 Å². The van der Waals surface area contributed by atoms with Crippen LogP contribution < -0.4 is 11.1 Å². The Labute approximate surface area is 83.0 Å². The van der Waals surface area contributed by atoms with E-state index >= 15 is 0 Å². The van der Waals surface area contributed by atoms with Gasteiger partial charge in [0.05, 0.1) is 17.9 Å². The molecule has 2 rings (SSSR count). The number of rotatable bonds is 3. The predicted molar refractivity (Wildman–Crippen MR) is 56.2 cm³/mol. The Bertz CT molecular complexity index is 337. The number of aliphatic imine (C=N–C) groups is 1. The maximum Gasteiger partial charge on any atom is 0.193 e. The van der Waals surface area contributed by atoms with Crippen LogP contribution in [-0.2, 0) is 6.54 Å². The molecule has 5 heteroatoms. The molecule has 5 nitrogen and oxygen atoms in total. The van der Waals surface area contributed by atoms with Gasteiger partial charge in [0.25, 0.3) is 0 Å². The van der Waals surface area contributed by atoms with Gasteiger partial charge in [-0.1, -0.05) is 0 Å². The van der Waals surface area contributed by atoms with Crippen LogP contribution in [0.2, 0.25) is 0 Å². The highest BCUT2D eigenvalue weighted by Gasteiger charge is 2.20. The highest BCUT2D eigenvalue weighted by molar-refractivity contribution is 5.92. The minimum atomic E-state index is 0.448. The van der Waals surface area contributed by atoms with Crippen LogP contribution in [0.15, 0.2) is 17.4 Å². The van der Waals surface area contributed by atoms with Gasteiger partial charge in [0, 0.05) is 12.7 Å². The fourth-order valence-electron chi connectivity index (χ4n) is 1.18. The molecule has 14 heavy (non-hydrogen) atoms. The van der Waals surface area contributed by atoms with E-state index in [0.29, 0.717) is 12.0 Å². The number of nitrogens with one attached hydrogen (secondary N) is 1. The minimum absolute atomic E-state index is 0.448. The highest BCUT2D eigenvalue weighted by Crippen LogP contribution is 2.23. The van der Waals surface area contributed by atoms with Crippen LogP contribution in [0, 0.1) is 0 Å². The van der Waals surface area contributed by atoms with Crippen molar-refractivity contribution in [2.45, 2.75) is 32.4 Å². The van der Waals surface area contributed by atoms with E-state index in [9.17, 15) is 0 Å². The summed E-state index contributed by atoms with van der Waals surface area (Å²) in [5.74, 6) is 0.489. The van der Waals surface area contributed by atoms with Crippen molar-refractivity contribution in [3.05, 3.63) is 12.4 Å². The fraction of sp³-hybridized carbons (Fsp3) is 0.556. The van der Waals surface area contributed by atoms with Crippen LogP contribution in [-0.4, -0.2) is 21.8 Å². The highest BCUT2D eigenvalue weighted by atomic mass is 15.3. The van der Waals surface area contributed by atoms with Gasteiger partial charge in [0.15, 0.2) is 5.96 Å². The molecular weight excluding hydrogens is 178 g/mol. The van der Waals surface area contributed by atoms with E-state index in [2.05, 4.69) is 15.4 Å². The van der Waals surface area contributed by atoms with Crippen molar-refractivity contribution >= 4 is 11.6 Å². The number of guanidine groups is 1. The van der Waals surface area contributed by atoms with Gasteiger partial charge in [0.2, 0.25) is 0 Å². The zero-order valence-corrected chi connectivity index (χ0v) is 8.27. The topological polar surface area (TPSA) is 68.2 Å². The van der Waals surface area contributed by atoms with Crippen molar-refractivity contribution < 1.29 is 0 Å². The minimum Gasteiger partial charge on any atom is -0.370 e. The first-order valence-electron chi connectivity index (χ1n) is 4.90. The van der Waals surface area contributed by atoms with Crippen molar-refractivity contribution in [2.75, 3.05) is 5.32 Å². The number of hydrogen-bond donors (Lipinski definition) is 2. The van der Waals surface area contributed by atoms with Gasteiger partial charge < -0.3 is 11.1 Å². The number of aryl methyl sites for hydroxylation is 1. The third kappa shape index (κ3) is 2.25. The average Bonchev–Trinajstić information content (AvgIpc) is 2.83. The van der Waals surface area contributed by atoms with E-state index in [4.69, 9.17) is 5.73 Å². The largest absolute Gasteiger partial charge is 0.370 e. The molecule has 0 amide bonds. The first kappa shape index (κ1) is 9.05. The average molecular weight is 193 g/mol. The normalized spacial score (nSPS) is 17.1. The Balaban J connectivity index is 1.95. The zero-order valence-electron chi connectivity index (χ0n) is 8.27. The summed E-state index contributed by atoms with van der Waals surface area (Å²) in [6.45, 7) is 2.90. The summed E-state index contributed by atoms with van der Waals surface area (Å²) in [4.78, 5) is 4.27. The second-order valence-electron chi connectivity index (χ2n) is 3.46. The molecule has 0 spiro atoms. The van der Waals surface area contributed by atoms with Crippen molar-refractivity contribution in [2.24, 2.45) is 10.7 Å². The quantitative estimate of drug-likeness (QED) is 0.551. The summed E-state index contributed by atoms with van der Waals surface area (Å²) in [5, 5.41) is 7.14. The van der Waals surface area contributed by atoms with Crippen LogP contribution in [0.3, 0.4) is 0 Å². The van der Waals surface area contributed by atoms with E-state index in [0.717, 1.165) is 25.1 Å². The lowest BCUT2D eigenvalue weighted by Crippen LogP contribution is -2.22. The molecule has 0 aliphatic heterocycles. The van der Waals surface area contributed by atoms with Gasteiger partial charge in [-0.25, -0.2) is 4.99 Å². The number of nitrogens with two attached hydrogens (primary N) is 1. The second kappa shape index (κ2) is 3.69. The number of hydrogen-bond acceptors (Lipinski definition) is 2. The molecule has 0 atom stereocenters. The summed E-state index contributed by atoms with van der Waals surface area (Å²) in [6.07, 6.45) is 5.99. The molecule has 1 aliphatic rings. The van der Waals surface area contributed by atoms with Crippen LogP contribution >= 0.6 is 0 Å². The van der Waals surface area contributed by atoms with Gasteiger partial charge in [0.1, 0.15) is 0 Å². The molecule has 3 N–H and O–H groups in total. The van der Waals surface area contributed by atoms with Gasteiger partial charge in [-0.05, 0) is 19.8 Å². The maximum atomic E-state index is 5.70. The van der Waals surface area contributed by atoms with Crippen LogP contribution in [0.4, 0.5) is 5.69 Å². The smallest absolute Gasteiger partial charge is 0.193 e. The first-order chi connectivity index (χ1) is 6.78. The Morgan fingerprint density at radius 1 is 1.79 bits per heavy atom. The van der Waals surface area contributed by atoms with Crippen molar-refractivity contribution in [3.8, 4) is 0 Å². The lowest BCUT2D eigenvalue weighted by molar-refractivity contribution is 0.660.